The lowest BCUT2D eigenvalue weighted by molar-refractivity contribution is 0.468. The Balaban J connectivity index is 2.31. The summed E-state index contributed by atoms with van der Waals surface area (Å²) >= 11 is 0. The van der Waals surface area contributed by atoms with Gasteiger partial charge >= 0.3 is 0 Å². The van der Waals surface area contributed by atoms with Crippen LogP contribution in [0, 0.1) is 0 Å². The van der Waals surface area contributed by atoms with Crippen LogP contribution in [0.3, 0.4) is 0 Å². The second kappa shape index (κ2) is 2.22. The van der Waals surface area contributed by atoms with Gasteiger partial charge in [-0.25, -0.2) is 4.39 Å². The molecule has 1 aliphatic rings. The molecule has 11 heavy (non-hydrogen) atoms. The third-order valence-corrected chi connectivity index (χ3v) is 2.11. The van der Waals surface area contributed by atoms with Crippen LogP contribution in [0.4, 0.5) is 10.1 Å². The average molecular weight is 151 g/mol. The zero-order valence-electron chi connectivity index (χ0n) is 6.13. The number of para-hydroxylation sites is 1. The monoisotopic (exact) mass is 151 g/mol. The fourth-order valence-electron chi connectivity index (χ4n) is 1.33. The molecule has 0 amide bonds. The summed E-state index contributed by atoms with van der Waals surface area (Å²) in [7, 11) is 0. The molecule has 1 fully saturated rings. The average Bonchev–Trinajstić information content (AvgIpc) is 2.68. The van der Waals surface area contributed by atoms with Crippen LogP contribution in [0.1, 0.15) is 17.9 Å². The van der Waals surface area contributed by atoms with E-state index >= 15 is 0 Å². The first-order valence-electron chi connectivity index (χ1n) is 3.77. The molecule has 58 valence electrons. The van der Waals surface area contributed by atoms with E-state index in [9.17, 15) is 4.39 Å². The van der Waals surface area contributed by atoms with Crippen LogP contribution < -0.4 is 5.73 Å². The highest BCUT2D eigenvalue weighted by Crippen LogP contribution is 2.45. The van der Waals surface area contributed by atoms with Crippen molar-refractivity contribution in [1.29, 1.82) is 0 Å². The first-order valence-corrected chi connectivity index (χ1v) is 3.77. The van der Waals surface area contributed by atoms with Gasteiger partial charge in [0.25, 0.3) is 0 Å². The van der Waals surface area contributed by atoms with Crippen LogP contribution in [-0.2, 0) is 0 Å². The van der Waals surface area contributed by atoms with Crippen molar-refractivity contribution in [2.45, 2.75) is 18.5 Å². The van der Waals surface area contributed by atoms with E-state index < -0.39 is 6.17 Å². The van der Waals surface area contributed by atoms with Crippen LogP contribution in [0.25, 0.3) is 0 Å². The maximum Gasteiger partial charge on any atom is 0.108 e. The van der Waals surface area contributed by atoms with Crippen molar-refractivity contribution in [3.8, 4) is 0 Å². The number of rotatable bonds is 1. The minimum atomic E-state index is -0.653. The first-order chi connectivity index (χ1) is 5.29. The number of alkyl halides is 1. The van der Waals surface area contributed by atoms with Crippen molar-refractivity contribution < 1.29 is 4.39 Å². The zero-order valence-corrected chi connectivity index (χ0v) is 6.13. The van der Waals surface area contributed by atoms with E-state index in [0.29, 0.717) is 6.42 Å². The molecule has 0 heterocycles. The lowest BCUT2D eigenvalue weighted by Crippen LogP contribution is -1.92. The molecule has 2 heteroatoms. The van der Waals surface area contributed by atoms with Gasteiger partial charge in [-0.3, -0.25) is 0 Å². The smallest absolute Gasteiger partial charge is 0.108 e. The zero-order chi connectivity index (χ0) is 7.84. The quantitative estimate of drug-likeness (QED) is 0.611. The molecule has 1 aliphatic carbocycles. The highest BCUT2D eigenvalue weighted by molar-refractivity contribution is 5.50. The number of hydrogen-bond donors (Lipinski definition) is 1. The largest absolute Gasteiger partial charge is 0.398 e. The highest BCUT2D eigenvalue weighted by atomic mass is 19.1. The standard InChI is InChI=1S/C9H10FN/c10-8-5-7(8)6-3-1-2-4-9(6)11/h1-4,7-8H,5,11H2. The molecular weight excluding hydrogens is 141 g/mol. The Morgan fingerprint density at radius 1 is 1.36 bits per heavy atom. The number of halogens is 1. The Kier molecular flexibility index (Phi) is 1.34. The molecule has 1 aromatic carbocycles. The van der Waals surface area contributed by atoms with E-state index in [1.54, 1.807) is 0 Å². The summed E-state index contributed by atoms with van der Waals surface area (Å²) in [5.74, 6) is 0.0798. The second-order valence-corrected chi connectivity index (χ2v) is 2.99. The predicted molar refractivity (Wildman–Crippen MR) is 43.1 cm³/mol. The van der Waals surface area contributed by atoms with E-state index in [1.165, 1.54) is 0 Å². The van der Waals surface area contributed by atoms with Crippen LogP contribution in [0.15, 0.2) is 24.3 Å². The minimum absolute atomic E-state index is 0.0798. The molecule has 1 nitrogen and oxygen atoms in total. The molecule has 2 atom stereocenters. The Morgan fingerprint density at radius 2 is 2.00 bits per heavy atom. The highest BCUT2D eigenvalue weighted by Gasteiger charge is 2.39. The van der Waals surface area contributed by atoms with E-state index in [-0.39, 0.29) is 5.92 Å². The van der Waals surface area contributed by atoms with Crippen molar-refractivity contribution in [2.24, 2.45) is 0 Å². The van der Waals surface area contributed by atoms with Crippen LogP contribution >= 0.6 is 0 Å². The fourth-order valence-corrected chi connectivity index (χ4v) is 1.33. The van der Waals surface area contributed by atoms with Gasteiger partial charge in [-0.2, -0.15) is 0 Å². The molecule has 2 N–H and O–H groups in total. The lowest BCUT2D eigenvalue weighted by Gasteiger charge is -2.00. The van der Waals surface area contributed by atoms with Gasteiger partial charge in [0, 0.05) is 11.6 Å². The molecule has 2 unspecified atom stereocenters. The molecule has 1 saturated carbocycles. The lowest BCUT2D eigenvalue weighted by atomic mass is 10.1. The summed E-state index contributed by atoms with van der Waals surface area (Å²) in [6.45, 7) is 0. The van der Waals surface area contributed by atoms with Crippen molar-refractivity contribution in [1.82, 2.24) is 0 Å². The van der Waals surface area contributed by atoms with E-state index in [4.69, 9.17) is 5.73 Å². The number of benzene rings is 1. The van der Waals surface area contributed by atoms with Crippen molar-refractivity contribution in [3.05, 3.63) is 29.8 Å². The van der Waals surface area contributed by atoms with Gasteiger partial charge in [-0.15, -0.1) is 0 Å². The van der Waals surface area contributed by atoms with Gasteiger partial charge in [0.2, 0.25) is 0 Å². The molecule has 2 rings (SSSR count). The van der Waals surface area contributed by atoms with Crippen LogP contribution in [0.2, 0.25) is 0 Å². The Hall–Kier alpha value is -1.05. The summed E-state index contributed by atoms with van der Waals surface area (Å²) in [6, 6.07) is 7.49. The third-order valence-electron chi connectivity index (χ3n) is 2.11. The first kappa shape index (κ1) is 6.65. The topological polar surface area (TPSA) is 26.0 Å². The molecular formula is C9H10FN. The summed E-state index contributed by atoms with van der Waals surface area (Å²) in [5.41, 5.74) is 7.35. The van der Waals surface area contributed by atoms with Gasteiger partial charge < -0.3 is 5.73 Å². The number of hydrogen-bond acceptors (Lipinski definition) is 1. The van der Waals surface area contributed by atoms with Crippen molar-refractivity contribution in [2.75, 3.05) is 5.73 Å². The Morgan fingerprint density at radius 3 is 2.55 bits per heavy atom. The summed E-state index contributed by atoms with van der Waals surface area (Å²) in [5, 5.41) is 0. The second-order valence-electron chi connectivity index (χ2n) is 2.99. The van der Waals surface area contributed by atoms with Crippen LogP contribution in [0.5, 0.6) is 0 Å². The molecule has 0 saturated heterocycles. The normalized spacial score (nSPS) is 28.5. The van der Waals surface area contributed by atoms with Gasteiger partial charge in [-0.1, -0.05) is 18.2 Å². The summed E-state index contributed by atoms with van der Waals surface area (Å²) in [6.07, 6.45) is -0.00602. The molecule has 0 radical (unpaired) electrons. The van der Waals surface area contributed by atoms with Gasteiger partial charge in [0.05, 0.1) is 0 Å². The van der Waals surface area contributed by atoms with Gasteiger partial charge in [0.15, 0.2) is 0 Å². The third kappa shape index (κ3) is 1.09. The molecule has 1 aromatic rings. The van der Waals surface area contributed by atoms with Crippen LogP contribution in [-0.4, -0.2) is 6.17 Å². The summed E-state index contributed by atoms with van der Waals surface area (Å²) in [4.78, 5) is 0. The molecule has 0 aliphatic heterocycles. The van der Waals surface area contributed by atoms with Crippen molar-refractivity contribution >= 4 is 5.69 Å². The number of anilines is 1. The molecule has 0 aromatic heterocycles. The van der Waals surface area contributed by atoms with Crippen molar-refractivity contribution in [3.63, 3.8) is 0 Å². The molecule has 0 bridgehead atoms. The maximum atomic E-state index is 12.6. The molecule has 0 spiro atoms. The summed E-state index contributed by atoms with van der Waals surface area (Å²) < 4.78 is 12.6. The van der Waals surface area contributed by atoms with Gasteiger partial charge in [0.1, 0.15) is 6.17 Å². The van der Waals surface area contributed by atoms with E-state index in [1.807, 2.05) is 24.3 Å². The Labute approximate surface area is 65.0 Å². The van der Waals surface area contributed by atoms with Gasteiger partial charge in [-0.05, 0) is 18.1 Å². The van der Waals surface area contributed by atoms with E-state index in [0.717, 1.165) is 11.3 Å². The maximum absolute atomic E-state index is 12.6. The predicted octanol–water partition coefficient (Wildman–Crippen LogP) is 2.09. The number of nitrogens with two attached hydrogens (primary N) is 1. The fraction of sp³-hybridized carbons (Fsp3) is 0.333. The SMILES string of the molecule is Nc1ccccc1C1CC1F. The Bertz CT molecular complexity index is 272. The van der Waals surface area contributed by atoms with E-state index in [2.05, 4.69) is 0 Å². The number of nitrogen functional groups attached to an aromatic ring is 1. The minimum Gasteiger partial charge on any atom is -0.398 e.